The molecule has 2 heterocycles. The monoisotopic (exact) mass is 335 g/mol. The average Bonchev–Trinajstić information content (AvgIpc) is 3.00. The number of benzene rings is 2. The lowest BCUT2D eigenvalue weighted by atomic mass is 9.69. The Morgan fingerprint density at radius 3 is 2.08 bits per heavy atom. The standard InChI is InChI=1S/C20H17NO2S/c1-21-13-12-16-17(21)20(19(22)23-18(16)24,14-8-4-2-5-9-14)15-10-6-3-7-11-15/h2-11H,12-13H2,1H3. The van der Waals surface area contributed by atoms with E-state index in [2.05, 4.69) is 4.90 Å². The van der Waals surface area contributed by atoms with Crippen LogP contribution in [0.3, 0.4) is 0 Å². The Balaban J connectivity index is 2.10. The van der Waals surface area contributed by atoms with Crippen molar-refractivity contribution in [2.24, 2.45) is 0 Å². The molecule has 2 aromatic carbocycles. The van der Waals surface area contributed by atoms with Gasteiger partial charge in [-0.1, -0.05) is 60.7 Å². The van der Waals surface area contributed by atoms with Crippen LogP contribution in [0.5, 0.6) is 0 Å². The second kappa shape index (κ2) is 5.56. The molecular formula is C20H17NO2S. The van der Waals surface area contributed by atoms with Gasteiger partial charge < -0.3 is 9.64 Å². The van der Waals surface area contributed by atoms with Crippen molar-refractivity contribution in [2.75, 3.05) is 13.6 Å². The number of nitrogens with zero attached hydrogens (tertiary/aromatic N) is 1. The Kier molecular flexibility index (Phi) is 3.50. The highest BCUT2D eigenvalue weighted by Crippen LogP contribution is 2.48. The van der Waals surface area contributed by atoms with E-state index in [9.17, 15) is 4.79 Å². The normalized spacial score (nSPS) is 19.3. The number of esters is 1. The first-order valence-corrected chi connectivity index (χ1v) is 8.39. The van der Waals surface area contributed by atoms with Crippen LogP contribution in [0.2, 0.25) is 0 Å². The number of ether oxygens (including phenoxy) is 1. The molecular weight excluding hydrogens is 318 g/mol. The second-order valence-electron chi connectivity index (χ2n) is 6.16. The summed E-state index contributed by atoms with van der Waals surface area (Å²) >= 11 is 5.35. The van der Waals surface area contributed by atoms with Gasteiger partial charge in [0, 0.05) is 24.9 Å². The van der Waals surface area contributed by atoms with E-state index in [4.69, 9.17) is 17.0 Å². The van der Waals surface area contributed by atoms with Crippen LogP contribution in [-0.4, -0.2) is 29.5 Å². The van der Waals surface area contributed by atoms with Crippen LogP contribution in [0.1, 0.15) is 17.5 Å². The highest BCUT2D eigenvalue weighted by atomic mass is 32.1. The number of hydrogen-bond donors (Lipinski definition) is 0. The van der Waals surface area contributed by atoms with E-state index < -0.39 is 5.41 Å². The van der Waals surface area contributed by atoms with Crippen molar-refractivity contribution in [2.45, 2.75) is 11.8 Å². The van der Waals surface area contributed by atoms with Crippen LogP contribution in [0.25, 0.3) is 0 Å². The van der Waals surface area contributed by atoms with Crippen LogP contribution < -0.4 is 0 Å². The highest BCUT2D eigenvalue weighted by Gasteiger charge is 2.54. The number of likely N-dealkylation sites (N-methyl/N-ethyl adjacent to an activating group) is 1. The Hall–Kier alpha value is -2.46. The van der Waals surface area contributed by atoms with E-state index in [-0.39, 0.29) is 5.97 Å². The molecule has 0 spiro atoms. The molecule has 4 rings (SSSR count). The van der Waals surface area contributed by atoms with E-state index >= 15 is 0 Å². The molecule has 0 aliphatic carbocycles. The third-order valence-corrected chi connectivity index (χ3v) is 5.20. The van der Waals surface area contributed by atoms with Gasteiger partial charge in [0.2, 0.25) is 0 Å². The van der Waals surface area contributed by atoms with Gasteiger partial charge in [0.25, 0.3) is 0 Å². The van der Waals surface area contributed by atoms with Gasteiger partial charge in [0.1, 0.15) is 0 Å². The molecule has 120 valence electrons. The Morgan fingerprint density at radius 2 is 1.54 bits per heavy atom. The van der Waals surface area contributed by atoms with E-state index in [1.807, 2.05) is 67.7 Å². The van der Waals surface area contributed by atoms with Gasteiger partial charge in [-0.3, -0.25) is 0 Å². The quantitative estimate of drug-likeness (QED) is 0.621. The summed E-state index contributed by atoms with van der Waals surface area (Å²) in [6.07, 6.45) is 0.805. The summed E-state index contributed by atoms with van der Waals surface area (Å²) < 4.78 is 5.58. The Morgan fingerprint density at radius 1 is 1.00 bits per heavy atom. The summed E-state index contributed by atoms with van der Waals surface area (Å²) in [4.78, 5) is 15.4. The number of carbonyl (C=O) groups is 1. The number of cyclic esters (lactones) is 1. The van der Waals surface area contributed by atoms with Crippen LogP contribution in [0, 0.1) is 0 Å². The molecule has 0 aromatic heterocycles. The van der Waals surface area contributed by atoms with Crippen molar-refractivity contribution in [1.82, 2.24) is 4.90 Å². The molecule has 4 heteroatoms. The molecule has 0 unspecified atom stereocenters. The van der Waals surface area contributed by atoms with Gasteiger partial charge in [-0.25, -0.2) is 4.79 Å². The van der Waals surface area contributed by atoms with Crippen molar-refractivity contribution in [3.05, 3.63) is 83.1 Å². The summed E-state index contributed by atoms with van der Waals surface area (Å²) in [7, 11) is 2.02. The number of thiocarbonyl (C=S) groups is 1. The fourth-order valence-electron chi connectivity index (χ4n) is 3.82. The molecule has 0 fully saturated rings. The SMILES string of the molecule is CN1CCC2=C1C(c1ccccc1)(c1ccccc1)C(=O)OC2=S. The summed E-state index contributed by atoms with van der Waals surface area (Å²) in [6, 6.07) is 19.7. The largest absolute Gasteiger partial charge is 0.413 e. The lowest BCUT2D eigenvalue weighted by molar-refractivity contribution is -0.140. The Bertz CT molecular complexity index is 803. The zero-order valence-corrected chi connectivity index (χ0v) is 14.2. The molecule has 3 nitrogen and oxygen atoms in total. The number of carbonyl (C=O) groups excluding carboxylic acids is 1. The van der Waals surface area contributed by atoms with Gasteiger partial charge in [-0.15, -0.1) is 0 Å². The third kappa shape index (κ3) is 1.96. The first-order chi connectivity index (χ1) is 11.7. The maximum atomic E-state index is 13.2. The second-order valence-corrected chi connectivity index (χ2v) is 6.53. The average molecular weight is 335 g/mol. The van der Waals surface area contributed by atoms with Crippen molar-refractivity contribution in [3.63, 3.8) is 0 Å². The summed E-state index contributed by atoms with van der Waals surface area (Å²) in [5, 5.41) is 0.321. The minimum absolute atomic E-state index is 0.321. The smallest absolute Gasteiger partial charge is 0.333 e. The topological polar surface area (TPSA) is 29.5 Å². The molecule has 0 bridgehead atoms. The van der Waals surface area contributed by atoms with Crippen molar-refractivity contribution >= 4 is 23.2 Å². The lowest BCUT2D eigenvalue weighted by Gasteiger charge is -2.40. The molecule has 0 amide bonds. The summed E-state index contributed by atoms with van der Waals surface area (Å²) in [5.41, 5.74) is 2.78. The van der Waals surface area contributed by atoms with Crippen molar-refractivity contribution in [3.8, 4) is 0 Å². The predicted octanol–water partition coefficient (Wildman–Crippen LogP) is 3.45. The van der Waals surface area contributed by atoms with Crippen molar-refractivity contribution < 1.29 is 9.53 Å². The molecule has 24 heavy (non-hydrogen) atoms. The van der Waals surface area contributed by atoms with Crippen LogP contribution in [-0.2, 0) is 14.9 Å². The van der Waals surface area contributed by atoms with Gasteiger partial charge in [-0.2, -0.15) is 0 Å². The number of rotatable bonds is 2. The molecule has 2 aromatic rings. The molecule has 0 saturated heterocycles. The zero-order valence-electron chi connectivity index (χ0n) is 13.4. The van der Waals surface area contributed by atoms with Crippen LogP contribution in [0.4, 0.5) is 0 Å². The maximum absolute atomic E-state index is 13.2. The highest BCUT2D eigenvalue weighted by molar-refractivity contribution is 7.80. The zero-order chi connectivity index (χ0) is 16.7. The minimum atomic E-state index is -0.967. The predicted molar refractivity (Wildman–Crippen MR) is 96.6 cm³/mol. The van der Waals surface area contributed by atoms with E-state index in [1.165, 1.54) is 0 Å². The van der Waals surface area contributed by atoms with Crippen molar-refractivity contribution in [1.29, 1.82) is 0 Å². The van der Waals surface area contributed by atoms with Gasteiger partial charge in [0.05, 0.1) is 0 Å². The van der Waals surface area contributed by atoms with E-state index in [0.29, 0.717) is 5.05 Å². The third-order valence-electron chi connectivity index (χ3n) is 4.87. The minimum Gasteiger partial charge on any atom is -0.413 e. The number of hydrogen-bond acceptors (Lipinski definition) is 4. The fraction of sp³-hybridized carbons (Fsp3) is 0.200. The Labute approximate surface area is 146 Å². The summed E-state index contributed by atoms with van der Waals surface area (Å²) in [6.45, 7) is 0.836. The first-order valence-electron chi connectivity index (χ1n) is 7.98. The van der Waals surface area contributed by atoms with E-state index in [1.54, 1.807) is 0 Å². The molecule has 0 N–H and O–H groups in total. The van der Waals surface area contributed by atoms with Crippen LogP contribution >= 0.6 is 12.2 Å². The molecule has 0 radical (unpaired) electrons. The lowest BCUT2D eigenvalue weighted by Crippen LogP contribution is -2.48. The summed E-state index contributed by atoms with van der Waals surface area (Å²) in [5.74, 6) is -0.322. The maximum Gasteiger partial charge on any atom is 0.333 e. The molecule has 0 atom stereocenters. The molecule has 0 saturated carbocycles. The van der Waals surface area contributed by atoms with Gasteiger partial charge in [-0.05, 0) is 29.8 Å². The van der Waals surface area contributed by atoms with Gasteiger partial charge >= 0.3 is 5.97 Å². The van der Waals surface area contributed by atoms with E-state index in [0.717, 1.165) is 35.4 Å². The van der Waals surface area contributed by atoms with Gasteiger partial charge in [0.15, 0.2) is 10.5 Å². The van der Waals surface area contributed by atoms with Crippen LogP contribution in [0.15, 0.2) is 71.9 Å². The molecule has 2 aliphatic rings. The molecule has 2 aliphatic heterocycles. The fourth-order valence-corrected chi connectivity index (χ4v) is 4.10. The first kappa shape index (κ1) is 15.1.